The van der Waals surface area contributed by atoms with E-state index in [0.29, 0.717) is 6.54 Å². The molecule has 1 aliphatic carbocycles. The Labute approximate surface area is 142 Å². The van der Waals surface area contributed by atoms with Crippen LogP contribution in [0.5, 0.6) is 0 Å². The van der Waals surface area contributed by atoms with Crippen molar-refractivity contribution in [2.75, 3.05) is 0 Å². The first kappa shape index (κ1) is 17.7. The predicted octanol–water partition coefficient (Wildman–Crippen LogP) is 5.88. The Morgan fingerprint density at radius 1 is 0.870 bits per heavy atom. The Balaban J connectivity index is 2.42. The number of rotatable bonds is 2. The molecular formula is C22H31N. The summed E-state index contributed by atoms with van der Waals surface area (Å²) in [6, 6.07) is 8.52. The second-order valence-electron chi connectivity index (χ2n) is 8.61. The molecule has 0 bridgehead atoms. The van der Waals surface area contributed by atoms with Crippen LogP contribution in [0.15, 0.2) is 53.1 Å². The van der Waals surface area contributed by atoms with Crippen LogP contribution in [-0.2, 0) is 6.54 Å². The second-order valence-corrected chi connectivity index (χ2v) is 8.61. The molecule has 0 amide bonds. The van der Waals surface area contributed by atoms with Crippen LogP contribution in [0.3, 0.4) is 0 Å². The molecule has 0 radical (unpaired) electrons. The van der Waals surface area contributed by atoms with Gasteiger partial charge < -0.3 is 5.73 Å². The van der Waals surface area contributed by atoms with Gasteiger partial charge in [0.2, 0.25) is 0 Å². The highest BCUT2D eigenvalue weighted by Gasteiger charge is 2.26. The van der Waals surface area contributed by atoms with E-state index in [0.717, 1.165) is 6.42 Å². The van der Waals surface area contributed by atoms with Gasteiger partial charge in [-0.15, -0.1) is 0 Å². The number of hydrogen-bond donors (Lipinski definition) is 1. The van der Waals surface area contributed by atoms with Crippen molar-refractivity contribution in [1.29, 1.82) is 0 Å². The molecule has 0 aliphatic heterocycles. The molecule has 124 valence electrons. The van der Waals surface area contributed by atoms with Gasteiger partial charge in [-0.1, -0.05) is 89.1 Å². The highest BCUT2D eigenvalue weighted by molar-refractivity contribution is 5.62. The van der Waals surface area contributed by atoms with Gasteiger partial charge in [-0.2, -0.15) is 0 Å². The smallest absolute Gasteiger partial charge is 0.0178 e. The molecule has 0 saturated heterocycles. The normalized spacial score (nSPS) is 16.0. The summed E-state index contributed by atoms with van der Waals surface area (Å²) in [6.45, 7) is 14.4. The molecule has 1 aromatic rings. The third kappa shape index (κ3) is 4.68. The summed E-state index contributed by atoms with van der Waals surface area (Å²) >= 11 is 0. The third-order valence-corrected chi connectivity index (χ3v) is 4.54. The zero-order valence-electron chi connectivity index (χ0n) is 15.5. The molecule has 2 rings (SSSR count). The number of allylic oxidation sites excluding steroid dienone is 5. The SMILES string of the molecule is CC(C)(C)C1=CC(=Cc2ccc(CN)cc2)C=C(C(C)(C)C)C1. The molecule has 1 heteroatoms. The molecule has 0 atom stereocenters. The third-order valence-electron chi connectivity index (χ3n) is 4.54. The van der Waals surface area contributed by atoms with E-state index in [-0.39, 0.29) is 10.8 Å². The van der Waals surface area contributed by atoms with Crippen LogP contribution in [-0.4, -0.2) is 0 Å². The van der Waals surface area contributed by atoms with E-state index in [4.69, 9.17) is 5.73 Å². The van der Waals surface area contributed by atoms with Gasteiger partial charge in [-0.05, 0) is 40.0 Å². The summed E-state index contributed by atoms with van der Waals surface area (Å²) in [5.74, 6) is 0. The molecule has 0 saturated carbocycles. The summed E-state index contributed by atoms with van der Waals surface area (Å²) < 4.78 is 0. The maximum Gasteiger partial charge on any atom is 0.0178 e. The highest BCUT2D eigenvalue weighted by Crippen LogP contribution is 2.41. The lowest BCUT2D eigenvalue weighted by Gasteiger charge is -2.33. The van der Waals surface area contributed by atoms with Gasteiger partial charge in [0.15, 0.2) is 0 Å². The molecule has 0 heterocycles. The zero-order chi connectivity index (χ0) is 17.3. The van der Waals surface area contributed by atoms with E-state index in [1.54, 1.807) is 0 Å². The molecule has 1 nitrogen and oxygen atoms in total. The predicted molar refractivity (Wildman–Crippen MR) is 102 cm³/mol. The summed E-state index contributed by atoms with van der Waals surface area (Å²) in [6.07, 6.45) is 8.09. The van der Waals surface area contributed by atoms with Gasteiger partial charge in [0.05, 0.1) is 0 Å². The Morgan fingerprint density at radius 3 is 1.74 bits per heavy atom. The molecule has 0 spiro atoms. The number of benzene rings is 1. The van der Waals surface area contributed by atoms with Gasteiger partial charge >= 0.3 is 0 Å². The van der Waals surface area contributed by atoms with E-state index >= 15 is 0 Å². The van der Waals surface area contributed by atoms with Crippen molar-refractivity contribution in [1.82, 2.24) is 0 Å². The van der Waals surface area contributed by atoms with Crippen LogP contribution in [0.1, 0.15) is 59.1 Å². The van der Waals surface area contributed by atoms with Gasteiger partial charge in [-0.3, -0.25) is 0 Å². The largest absolute Gasteiger partial charge is 0.326 e. The van der Waals surface area contributed by atoms with Crippen molar-refractivity contribution in [2.45, 2.75) is 54.5 Å². The highest BCUT2D eigenvalue weighted by atomic mass is 14.5. The maximum atomic E-state index is 5.68. The van der Waals surface area contributed by atoms with E-state index in [1.807, 2.05) is 0 Å². The lowest BCUT2D eigenvalue weighted by atomic mass is 9.72. The zero-order valence-corrected chi connectivity index (χ0v) is 15.5. The Kier molecular flexibility index (Phi) is 5.01. The first-order valence-electron chi connectivity index (χ1n) is 8.52. The molecule has 0 fully saturated rings. The maximum absolute atomic E-state index is 5.68. The second kappa shape index (κ2) is 6.49. The fourth-order valence-electron chi connectivity index (χ4n) is 2.74. The fourth-order valence-corrected chi connectivity index (χ4v) is 2.74. The van der Waals surface area contributed by atoms with Crippen molar-refractivity contribution in [3.63, 3.8) is 0 Å². The van der Waals surface area contributed by atoms with E-state index in [9.17, 15) is 0 Å². The number of nitrogens with two attached hydrogens (primary N) is 1. The molecular weight excluding hydrogens is 278 g/mol. The summed E-state index contributed by atoms with van der Waals surface area (Å²) in [5.41, 5.74) is 12.8. The minimum Gasteiger partial charge on any atom is -0.326 e. The van der Waals surface area contributed by atoms with Crippen LogP contribution in [0.25, 0.3) is 6.08 Å². The average Bonchev–Trinajstić information content (AvgIpc) is 2.46. The van der Waals surface area contributed by atoms with Crippen LogP contribution in [0, 0.1) is 10.8 Å². The van der Waals surface area contributed by atoms with Crippen LogP contribution in [0.4, 0.5) is 0 Å². The van der Waals surface area contributed by atoms with Gasteiger partial charge in [-0.25, -0.2) is 0 Å². The molecule has 2 N–H and O–H groups in total. The quantitative estimate of drug-likeness (QED) is 0.725. The lowest BCUT2D eigenvalue weighted by molar-refractivity contribution is 0.447. The summed E-state index contributed by atoms with van der Waals surface area (Å²) in [5, 5.41) is 0. The molecule has 1 aliphatic rings. The van der Waals surface area contributed by atoms with Crippen molar-refractivity contribution < 1.29 is 0 Å². The van der Waals surface area contributed by atoms with Crippen molar-refractivity contribution in [2.24, 2.45) is 16.6 Å². The van der Waals surface area contributed by atoms with Gasteiger partial charge in [0, 0.05) is 6.54 Å². The Hall–Kier alpha value is -1.60. The minimum atomic E-state index is 0.202. The molecule has 0 aromatic heterocycles. The van der Waals surface area contributed by atoms with Crippen LogP contribution >= 0.6 is 0 Å². The topological polar surface area (TPSA) is 26.0 Å². The Morgan fingerprint density at radius 2 is 1.35 bits per heavy atom. The molecule has 23 heavy (non-hydrogen) atoms. The van der Waals surface area contributed by atoms with Crippen LogP contribution in [0.2, 0.25) is 0 Å². The molecule has 0 unspecified atom stereocenters. The fraction of sp³-hybridized carbons (Fsp3) is 0.455. The number of hydrogen-bond acceptors (Lipinski definition) is 1. The average molecular weight is 309 g/mol. The van der Waals surface area contributed by atoms with Crippen LogP contribution < -0.4 is 5.73 Å². The first-order chi connectivity index (χ1) is 10.6. The standard InChI is InChI=1S/C22H31N/c1-21(2,3)19-12-18(13-20(14-19)22(4,5)6)11-16-7-9-17(15-23)10-8-16/h7-13H,14-15,23H2,1-6H3. The minimum absolute atomic E-state index is 0.202. The Bertz CT molecular complexity index is 609. The monoisotopic (exact) mass is 309 g/mol. The first-order valence-corrected chi connectivity index (χ1v) is 8.52. The lowest BCUT2D eigenvalue weighted by Crippen LogP contribution is -2.18. The summed E-state index contributed by atoms with van der Waals surface area (Å²) in [4.78, 5) is 0. The van der Waals surface area contributed by atoms with E-state index in [1.165, 1.54) is 27.8 Å². The van der Waals surface area contributed by atoms with E-state index in [2.05, 4.69) is 84.0 Å². The van der Waals surface area contributed by atoms with Crippen molar-refractivity contribution >= 4 is 6.08 Å². The van der Waals surface area contributed by atoms with Gasteiger partial charge in [0.25, 0.3) is 0 Å². The van der Waals surface area contributed by atoms with Gasteiger partial charge in [0.1, 0.15) is 0 Å². The van der Waals surface area contributed by atoms with Crippen molar-refractivity contribution in [3.8, 4) is 0 Å². The molecule has 1 aromatic carbocycles. The van der Waals surface area contributed by atoms with Crippen molar-refractivity contribution in [3.05, 3.63) is 64.3 Å². The summed E-state index contributed by atoms with van der Waals surface area (Å²) in [7, 11) is 0. The van der Waals surface area contributed by atoms with E-state index < -0.39 is 0 Å².